The molecule has 3 atom stereocenters. The van der Waals surface area contributed by atoms with Gasteiger partial charge in [0.15, 0.2) is 0 Å². The maximum absolute atomic E-state index is 4.38. The summed E-state index contributed by atoms with van der Waals surface area (Å²) in [7, 11) is 0. The maximum Gasteiger partial charge on any atom is -0.0145 e. The summed E-state index contributed by atoms with van der Waals surface area (Å²) in [6.45, 7) is 16.3. The SMILES string of the molecule is C=C1CC/C=C(/C)CC/C=C(C)\C=C/[C@H]2[C@@H](C(C)C)CC[C@]2(C)CC1. The lowest BCUT2D eigenvalue weighted by Crippen LogP contribution is -2.26. The highest BCUT2D eigenvalue weighted by molar-refractivity contribution is 5.20. The van der Waals surface area contributed by atoms with Crippen LogP contribution in [0.5, 0.6) is 0 Å². The minimum Gasteiger partial charge on any atom is -0.0999 e. The molecule has 0 bridgehead atoms. The third-order valence-corrected chi connectivity index (χ3v) is 6.78. The third-order valence-electron chi connectivity index (χ3n) is 6.78. The highest BCUT2D eigenvalue weighted by Crippen LogP contribution is 2.53. The zero-order valence-electron chi connectivity index (χ0n) is 17.4. The van der Waals surface area contributed by atoms with Gasteiger partial charge in [-0.1, -0.05) is 68.4 Å². The first-order valence-electron chi connectivity index (χ1n) is 10.5. The molecule has 1 saturated carbocycles. The monoisotopic (exact) mass is 340 g/mol. The van der Waals surface area contributed by atoms with Crippen molar-refractivity contribution in [3.63, 3.8) is 0 Å². The molecule has 0 heterocycles. The molecule has 2 rings (SSSR count). The molecule has 0 N–H and O–H groups in total. The maximum atomic E-state index is 4.38. The van der Waals surface area contributed by atoms with Crippen molar-refractivity contribution in [2.45, 2.75) is 86.0 Å². The van der Waals surface area contributed by atoms with Gasteiger partial charge in [-0.05, 0) is 88.4 Å². The van der Waals surface area contributed by atoms with Gasteiger partial charge in [-0.25, -0.2) is 0 Å². The number of allylic oxidation sites excluding steroid dienone is 7. The lowest BCUT2D eigenvalue weighted by atomic mass is 9.71. The van der Waals surface area contributed by atoms with Crippen LogP contribution in [0.4, 0.5) is 0 Å². The molecule has 0 aromatic carbocycles. The van der Waals surface area contributed by atoms with Crippen LogP contribution >= 0.6 is 0 Å². The van der Waals surface area contributed by atoms with Gasteiger partial charge in [-0.15, -0.1) is 0 Å². The summed E-state index contributed by atoms with van der Waals surface area (Å²) in [5.74, 6) is 2.33. The topological polar surface area (TPSA) is 0 Å². The fraction of sp³-hybridized carbons (Fsp3) is 0.680. The first kappa shape index (κ1) is 20.3. The summed E-state index contributed by atoms with van der Waals surface area (Å²) in [5.41, 5.74) is 4.86. The van der Waals surface area contributed by atoms with Gasteiger partial charge in [-0.3, -0.25) is 0 Å². The second kappa shape index (κ2) is 9.06. The predicted octanol–water partition coefficient (Wildman–Crippen LogP) is 8.03. The Morgan fingerprint density at radius 3 is 2.48 bits per heavy atom. The van der Waals surface area contributed by atoms with Crippen LogP contribution in [0.1, 0.15) is 86.0 Å². The van der Waals surface area contributed by atoms with Gasteiger partial charge in [0.2, 0.25) is 0 Å². The van der Waals surface area contributed by atoms with Crippen molar-refractivity contribution in [3.8, 4) is 0 Å². The van der Waals surface area contributed by atoms with Gasteiger partial charge < -0.3 is 0 Å². The van der Waals surface area contributed by atoms with Crippen molar-refractivity contribution in [2.75, 3.05) is 0 Å². The molecule has 0 nitrogen and oxygen atoms in total. The van der Waals surface area contributed by atoms with E-state index in [1.54, 1.807) is 0 Å². The quantitative estimate of drug-likeness (QED) is 0.424. The van der Waals surface area contributed by atoms with Crippen LogP contribution in [0.25, 0.3) is 0 Å². The van der Waals surface area contributed by atoms with Gasteiger partial charge in [0, 0.05) is 0 Å². The molecule has 2 aliphatic carbocycles. The van der Waals surface area contributed by atoms with E-state index < -0.39 is 0 Å². The van der Waals surface area contributed by atoms with Gasteiger partial charge in [0.25, 0.3) is 0 Å². The van der Waals surface area contributed by atoms with E-state index >= 15 is 0 Å². The average molecular weight is 341 g/mol. The Morgan fingerprint density at radius 1 is 1.04 bits per heavy atom. The van der Waals surface area contributed by atoms with Crippen LogP contribution in [-0.4, -0.2) is 0 Å². The molecule has 0 heteroatoms. The standard InChI is InChI=1S/C25H40/c1-19(2)23-16-18-25(6)17-15-22(5)12-8-10-20(3)9-7-11-21(4)13-14-24(23)25/h10-11,13-14,19,23-24H,5,7-9,12,15-18H2,1-4,6H3/b14-13-,20-10-,21-11-/t23-,24+,25+/m1/s1. The second-order valence-electron chi connectivity index (χ2n) is 9.31. The molecule has 0 aliphatic heterocycles. The lowest BCUT2D eigenvalue weighted by Gasteiger charge is -2.34. The Kier molecular flexibility index (Phi) is 7.35. The van der Waals surface area contributed by atoms with Crippen LogP contribution in [-0.2, 0) is 0 Å². The summed E-state index contributed by atoms with van der Waals surface area (Å²) >= 11 is 0. The summed E-state index contributed by atoms with van der Waals surface area (Å²) in [6, 6.07) is 0. The predicted molar refractivity (Wildman–Crippen MR) is 113 cm³/mol. The largest absolute Gasteiger partial charge is 0.0999 e. The second-order valence-corrected chi connectivity index (χ2v) is 9.31. The fourth-order valence-corrected chi connectivity index (χ4v) is 4.84. The van der Waals surface area contributed by atoms with Gasteiger partial charge in [0.05, 0.1) is 0 Å². The molecule has 0 saturated heterocycles. The van der Waals surface area contributed by atoms with E-state index in [0.717, 1.165) is 24.7 Å². The Balaban J connectivity index is 2.24. The molecule has 0 unspecified atom stereocenters. The summed E-state index contributed by atoms with van der Waals surface area (Å²) in [5, 5.41) is 0. The van der Waals surface area contributed by atoms with Crippen LogP contribution in [0.2, 0.25) is 0 Å². The zero-order valence-corrected chi connectivity index (χ0v) is 17.4. The van der Waals surface area contributed by atoms with Crippen molar-refractivity contribution in [1.29, 1.82) is 0 Å². The Morgan fingerprint density at radius 2 is 1.76 bits per heavy atom. The van der Waals surface area contributed by atoms with E-state index in [4.69, 9.17) is 0 Å². The Bertz CT molecular complexity index is 542. The van der Waals surface area contributed by atoms with Crippen molar-refractivity contribution in [2.24, 2.45) is 23.2 Å². The zero-order chi connectivity index (χ0) is 18.4. The smallest absolute Gasteiger partial charge is 0.0145 e. The Hall–Kier alpha value is -1.04. The average Bonchev–Trinajstić information content (AvgIpc) is 2.87. The van der Waals surface area contributed by atoms with Crippen LogP contribution in [0.15, 0.2) is 47.6 Å². The van der Waals surface area contributed by atoms with E-state index in [2.05, 4.69) is 65.5 Å². The number of rotatable bonds is 1. The molecule has 140 valence electrons. The van der Waals surface area contributed by atoms with Gasteiger partial charge >= 0.3 is 0 Å². The van der Waals surface area contributed by atoms with Crippen LogP contribution < -0.4 is 0 Å². The molecule has 0 radical (unpaired) electrons. The van der Waals surface area contributed by atoms with Gasteiger partial charge in [-0.2, -0.15) is 0 Å². The van der Waals surface area contributed by atoms with Crippen molar-refractivity contribution in [1.82, 2.24) is 0 Å². The van der Waals surface area contributed by atoms with E-state index in [-0.39, 0.29) is 0 Å². The number of fused-ring (bicyclic) bond motifs is 1. The first-order valence-corrected chi connectivity index (χ1v) is 10.5. The molecule has 0 aromatic rings. The van der Waals surface area contributed by atoms with Crippen molar-refractivity contribution < 1.29 is 0 Å². The highest BCUT2D eigenvalue weighted by Gasteiger charge is 2.44. The molecule has 0 spiro atoms. The molecule has 25 heavy (non-hydrogen) atoms. The van der Waals surface area contributed by atoms with Crippen LogP contribution in [0.3, 0.4) is 0 Å². The minimum absolute atomic E-state index is 0.445. The molecule has 1 fully saturated rings. The van der Waals surface area contributed by atoms with Crippen LogP contribution in [0, 0.1) is 23.2 Å². The normalized spacial score (nSPS) is 38.1. The number of hydrogen-bond acceptors (Lipinski definition) is 0. The highest BCUT2D eigenvalue weighted by atomic mass is 14.5. The van der Waals surface area contributed by atoms with Crippen molar-refractivity contribution >= 4 is 0 Å². The lowest BCUT2D eigenvalue weighted by molar-refractivity contribution is 0.198. The Labute approximate surface area is 157 Å². The molecule has 0 amide bonds. The fourth-order valence-electron chi connectivity index (χ4n) is 4.84. The van der Waals surface area contributed by atoms with E-state index in [1.807, 2.05) is 0 Å². The molecule has 0 aromatic heterocycles. The van der Waals surface area contributed by atoms with E-state index in [9.17, 15) is 0 Å². The number of hydrogen-bond donors (Lipinski definition) is 0. The summed E-state index contributed by atoms with van der Waals surface area (Å²) < 4.78 is 0. The molecular formula is C25H40. The van der Waals surface area contributed by atoms with E-state index in [1.165, 1.54) is 55.2 Å². The third kappa shape index (κ3) is 5.73. The van der Waals surface area contributed by atoms with Crippen molar-refractivity contribution in [3.05, 3.63) is 47.6 Å². The minimum atomic E-state index is 0.445. The summed E-state index contributed by atoms with van der Waals surface area (Å²) in [4.78, 5) is 0. The van der Waals surface area contributed by atoms with E-state index in [0.29, 0.717) is 11.3 Å². The first-order chi connectivity index (χ1) is 11.8. The molecule has 2 aliphatic rings. The van der Waals surface area contributed by atoms with Gasteiger partial charge in [0.1, 0.15) is 0 Å². The summed E-state index contributed by atoms with van der Waals surface area (Å²) in [6.07, 6.45) is 19.8. The molecular weight excluding hydrogens is 300 g/mol.